The van der Waals surface area contributed by atoms with Crippen molar-refractivity contribution in [2.24, 2.45) is 0 Å². The molecular weight excluding hydrogens is 785 g/mol. The minimum absolute atomic E-state index is 0.0136. The fraction of sp³-hybridized carbons (Fsp3) is 0.153. The van der Waals surface area contributed by atoms with Crippen LogP contribution in [-0.4, -0.2) is 9.97 Å². The van der Waals surface area contributed by atoms with Gasteiger partial charge >= 0.3 is 0 Å². The first kappa shape index (κ1) is 38.2. The number of oxazole rings is 2. The molecule has 10 aromatic rings. The maximum Gasteiger partial charge on any atom is 0.227 e. The Morgan fingerprint density at radius 3 is 1.38 bits per heavy atom. The van der Waals surface area contributed by atoms with E-state index in [4.69, 9.17) is 23.5 Å². The van der Waals surface area contributed by atoms with Gasteiger partial charge in [-0.1, -0.05) is 151 Å². The average molecular weight is 831 g/mol. The Balaban J connectivity index is 0.978. The van der Waals surface area contributed by atoms with E-state index < -0.39 is 5.41 Å². The van der Waals surface area contributed by atoms with Gasteiger partial charge in [0.05, 0.1) is 5.41 Å². The number of aromatic nitrogens is 2. The Kier molecular flexibility index (Phi) is 8.21. The lowest BCUT2D eigenvalue weighted by atomic mass is 9.66. The van der Waals surface area contributed by atoms with E-state index in [0.717, 1.165) is 78.2 Å². The molecule has 2 aliphatic rings. The highest BCUT2D eigenvalue weighted by Gasteiger charge is 2.51. The quantitative estimate of drug-likeness (QED) is 0.177. The van der Waals surface area contributed by atoms with Gasteiger partial charge in [-0.3, -0.25) is 0 Å². The zero-order valence-corrected chi connectivity index (χ0v) is 36.8. The predicted octanol–water partition coefficient (Wildman–Crippen LogP) is 15.7. The van der Waals surface area contributed by atoms with E-state index in [1.54, 1.807) is 0 Å². The van der Waals surface area contributed by atoms with Gasteiger partial charge in [0.25, 0.3) is 0 Å². The summed E-state index contributed by atoms with van der Waals surface area (Å²) < 4.78 is 19.5. The summed E-state index contributed by atoms with van der Waals surface area (Å²) in [7, 11) is 0. The van der Waals surface area contributed by atoms with E-state index in [1.807, 2.05) is 12.1 Å². The number of hydrogen-bond donors (Lipinski definition) is 0. The number of para-hydroxylation sites is 2. The Morgan fingerprint density at radius 1 is 0.375 bits per heavy atom. The molecule has 1 aliphatic heterocycles. The van der Waals surface area contributed by atoms with Crippen molar-refractivity contribution in [3.05, 3.63) is 203 Å². The average Bonchev–Trinajstić information content (AvgIpc) is 4.02. The monoisotopic (exact) mass is 830 g/mol. The summed E-state index contributed by atoms with van der Waals surface area (Å²) in [5.74, 6) is 2.88. The van der Waals surface area contributed by atoms with Crippen molar-refractivity contribution in [3.63, 3.8) is 0 Å². The fourth-order valence-corrected chi connectivity index (χ4v) is 9.96. The molecule has 5 nitrogen and oxygen atoms in total. The number of fused-ring (bicyclic) bond motifs is 11. The van der Waals surface area contributed by atoms with Crippen LogP contribution in [0.5, 0.6) is 11.5 Å². The minimum Gasteiger partial charge on any atom is -0.457 e. The van der Waals surface area contributed by atoms with Crippen LogP contribution in [0.3, 0.4) is 0 Å². The molecule has 12 rings (SSSR count). The third-order valence-electron chi connectivity index (χ3n) is 13.3. The topological polar surface area (TPSA) is 61.3 Å². The van der Waals surface area contributed by atoms with Crippen molar-refractivity contribution in [2.75, 3.05) is 0 Å². The first-order valence-electron chi connectivity index (χ1n) is 22.1. The molecule has 1 aliphatic carbocycles. The number of nitrogens with zero attached hydrogens (tertiary/aromatic N) is 2. The van der Waals surface area contributed by atoms with E-state index in [1.165, 1.54) is 33.4 Å². The Hall–Kier alpha value is -7.50. The van der Waals surface area contributed by atoms with Crippen LogP contribution >= 0.6 is 0 Å². The van der Waals surface area contributed by atoms with Gasteiger partial charge < -0.3 is 13.6 Å². The van der Waals surface area contributed by atoms with E-state index in [9.17, 15) is 0 Å². The lowest BCUT2D eigenvalue weighted by Crippen LogP contribution is -2.32. The van der Waals surface area contributed by atoms with Crippen LogP contribution < -0.4 is 4.74 Å². The Bertz CT molecular complexity index is 3350. The third-order valence-corrected chi connectivity index (χ3v) is 13.3. The van der Waals surface area contributed by atoms with Crippen LogP contribution in [0.25, 0.3) is 78.5 Å². The van der Waals surface area contributed by atoms with Crippen molar-refractivity contribution in [1.82, 2.24) is 9.97 Å². The van der Waals surface area contributed by atoms with E-state index >= 15 is 0 Å². The van der Waals surface area contributed by atoms with Crippen LogP contribution in [0.2, 0.25) is 0 Å². The molecule has 64 heavy (non-hydrogen) atoms. The second-order valence-corrected chi connectivity index (χ2v) is 19.4. The summed E-state index contributed by atoms with van der Waals surface area (Å²) in [6.07, 6.45) is 0. The van der Waals surface area contributed by atoms with Gasteiger partial charge in [0.15, 0.2) is 11.2 Å². The zero-order chi connectivity index (χ0) is 43.5. The number of rotatable bonds is 4. The largest absolute Gasteiger partial charge is 0.457 e. The Labute approximate surface area is 373 Å². The highest BCUT2D eigenvalue weighted by atomic mass is 16.5. The molecule has 2 aromatic heterocycles. The van der Waals surface area contributed by atoms with Gasteiger partial charge in [0.2, 0.25) is 11.8 Å². The second kappa shape index (κ2) is 13.7. The molecule has 0 radical (unpaired) electrons. The third kappa shape index (κ3) is 5.91. The SMILES string of the molecule is CC(C)(C)c1ccc2oc(-c3cc(-c4ccc(-c5ccc6c(c5)C5(c7ccccc7Oc7ccccc75)c5ccccc5-6)cc4)cc(-c4nc5cc(C(C)(C)C)ccc5o4)c3)nc2c1. The van der Waals surface area contributed by atoms with Gasteiger partial charge in [-0.25, -0.2) is 9.97 Å². The van der Waals surface area contributed by atoms with Crippen molar-refractivity contribution in [1.29, 1.82) is 0 Å². The molecule has 0 unspecified atom stereocenters. The summed E-state index contributed by atoms with van der Waals surface area (Å²) >= 11 is 0. The van der Waals surface area contributed by atoms with E-state index in [0.29, 0.717) is 11.8 Å². The first-order valence-corrected chi connectivity index (χ1v) is 22.1. The minimum atomic E-state index is -0.526. The lowest BCUT2D eigenvalue weighted by Gasteiger charge is -2.39. The van der Waals surface area contributed by atoms with Crippen molar-refractivity contribution < 1.29 is 13.6 Å². The molecule has 0 bridgehead atoms. The smallest absolute Gasteiger partial charge is 0.227 e. The molecule has 3 heterocycles. The van der Waals surface area contributed by atoms with E-state index in [-0.39, 0.29) is 10.8 Å². The van der Waals surface area contributed by atoms with Gasteiger partial charge in [-0.15, -0.1) is 0 Å². The summed E-state index contributed by atoms with van der Waals surface area (Å²) in [6.45, 7) is 13.3. The summed E-state index contributed by atoms with van der Waals surface area (Å²) in [6, 6.07) is 60.7. The van der Waals surface area contributed by atoms with Crippen molar-refractivity contribution in [3.8, 4) is 67.8 Å². The number of ether oxygens (including phenoxy) is 1. The summed E-state index contributed by atoms with van der Waals surface area (Å²) in [5.41, 5.74) is 18.4. The molecular formula is C59H46N2O3. The standard InChI is InChI=1S/C59H46N2O3/c1-57(2,3)41-24-27-53-49(33-41)60-55(63-53)39-29-38(30-40(31-39)56-61-50-34-42(58(4,5)6)25-28-54(50)64-56)36-21-19-35(20-22-36)37-23-26-44-43-13-7-8-14-45(43)59(48(44)32-37)46-15-9-11-17-51(46)62-52-18-12-10-16-47(52)59/h7-34H,1-6H3. The van der Waals surface area contributed by atoms with Gasteiger partial charge in [0.1, 0.15) is 22.5 Å². The van der Waals surface area contributed by atoms with Crippen molar-refractivity contribution >= 4 is 22.2 Å². The van der Waals surface area contributed by atoms with Crippen LogP contribution in [0.15, 0.2) is 179 Å². The molecule has 0 saturated carbocycles. The molecule has 0 atom stereocenters. The molecule has 0 N–H and O–H groups in total. The van der Waals surface area contributed by atoms with Gasteiger partial charge in [-0.05, 0) is 127 Å². The number of benzene rings is 8. The lowest BCUT2D eigenvalue weighted by molar-refractivity contribution is 0.436. The van der Waals surface area contributed by atoms with Crippen LogP contribution in [0.1, 0.15) is 74.9 Å². The molecule has 310 valence electrons. The highest BCUT2D eigenvalue weighted by Crippen LogP contribution is 2.62. The molecule has 0 fully saturated rings. The number of hydrogen-bond acceptors (Lipinski definition) is 5. The van der Waals surface area contributed by atoms with Crippen molar-refractivity contribution in [2.45, 2.75) is 57.8 Å². The maximum absolute atomic E-state index is 6.58. The van der Waals surface area contributed by atoms with Gasteiger partial charge in [0, 0.05) is 22.3 Å². The predicted molar refractivity (Wildman–Crippen MR) is 258 cm³/mol. The summed E-state index contributed by atoms with van der Waals surface area (Å²) in [5, 5.41) is 0. The molecule has 1 spiro atoms. The van der Waals surface area contributed by atoms with Crippen LogP contribution in [0, 0.1) is 0 Å². The Morgan fingerprint density at radius 2 is 0.828 bits per heavy atom. The zero-order valence-electron chi connectivity index (χ0n) is 36.8. The molecule has 8 aromatic carbocycles. The second-order valence-electron chi connectivity index (χ2n) is 19.4. The van der Waals surface area contributed by atoms with Gasteiger partial charge in [-0.2, -0.15) is 0 Å². The van der Waals surface area contributed by atoms with E-state index in [2.05, 4.69) is 199 Å². The normalized spacial score (nSPS) is 13.7. The maximum atomic E-state index is 6.58. The summed E-state index contributed by atoms with van der Waals surface area (Å²) in [4.78, 5) is 10.1. The fourth-order valence-electron chi connectivity index (χ4n) is 9.96. The van der Waals surface area contributed by atoms with Crippen LogP contribution in [0.4, 0.5) is 0 Å². The first-order chi connectivity index (χ1) is 30.9. The highest BCUT2D eigenvalue weighted by molar-refractivity contribution is 5.91. The molecule has 0 saturated heterocycles. The van der Waals surface area contributed by atoms with Crippen LogP contribution in [-0.2, 0) is 16.2 Å². The molecule has 0 amide bonds. The molecule has 5 heteroatoms.